The third-order valence-electron chi connectivity index (χ3n) is 1.78. The predicted molar refractivity (Wildman–Crippen MR) is 54.0 cm³/mol. The number of carboxylic acids is 1. The van der Waals surface area contributed by atoms with Gasteiger partial charge in [-0.25, -0.2) is 0 Å². The topological polar surface area (TPSA) is 46.5 Å². The molecule has 0 bridgehead atoms. The van der Waals surface area contributed by atoms with E-state index < -0.39 is 12.6 Å². The van der Waals surface area contributed by atoms with Crippen LogP contribution in [0.5, 0.6) is 5.75 Å². The monoisotopic (exact) mass is 250 g/mol. The van der Waals surface area contributed by atoms with Crippen molar-refractivity contribution >= 4 is 17.6 Å². The lowest BCUT2D eigenvalue weighted by molar-refractivity contribution is -0.136. The second kappa shape index (κ2) is 5.65. The van der Waals surface area contributed by atoms with E-state index in [1.165, 1.54) is 18.2 Å². The molecule has 0 aliphatic heterocycles. The maximum atomic E-state index is 11.9. The number of halogens is 3. The molecule has 0 spiro atoms. The van der Waals surface area contributed by atoms with Gasteiger partial charge in [0.25, 0.3) is 0 Å². The first-order valence-corrected chi connectivity index (χ1v) is 4.81. The van der Waals surface area contributed by atoms with Crippen LogP contribution in [-0.2, 0) is 11.2 Å². The Bertz CT molecular complexity index is 382. The zero-order valence-corrected chi connectivity index (χ0v) is 8.88. The summed E-state index contributed by atoms with van der Waals surface area (Å²) in [5.74, 6) is -1.03. The summed E-state index contributed by atoms with van der Waals surface area (Å²) in [4.78, 5) is 10.3. The molecular formula is C10H9ClF2O3. The van der Waals surface area contributed by atoms with Gasteiger partial charge in [-0.1, -0.05) is 11.6 Å². The van der Waals surface area contributed by atoms with Crippen LogP contribution < -0.4 is 4.74 Å². The van der Waals surface area contributed by atoms with Gasteiger partial charge < -0.3 is 9.84 Å². The van der Waals surface area contributed by atoms with Crippen molar-refractivity contribution in [1.82, 2.24) is 0 Å². The molecule has 1 aromatic carbocycles. The first kappa shape index (κ1) is 12.7. The van der Waals surface area contributed by atoms with Crippen molar-refractivity contribution < 1.29 is 23.4 Å². The lowest BCUT2D eigenvalue weighted by Crippen LogP contribution is -2.03. The van der Waals surface area contributed by atoms with E-state index in [4.69, 9.17) is 16.7 Å². The molecule has 0 amide bonds. The van der Waals surface area contributed by atoms with E-state index in [2.05, 4.69) is 4.74 Å². The minimum absolute atomic E-state index is 0.0668. The van der Waals surface area contributed by atoms with Crippen LogP contribution in [0.25, 0.3) is 0 Å². The highest BCUT2D eigenvalue weighted by atomic mass is 35.5. The molecule has 1 rings (SSSR count). The minimum atomic E-state index is -2.93. The standard InChI is InChI=1S/C10H9ClF2O3/c11-7-3-6(1-2-9(14)15)4-8(5-7)16-10(12)13/h3-5,10H,1-2H2,(H,14,15). The van der Waals surface area contributed by atoms with E-state index in [1.807, 2.05) is 0 Å². The van der Waals surface area contributed by atoms with Gasteiger partial charge in [-0.05, 0) is 30.2 Å². The molecule has 3 nitrogen and oxygen atoms in total. The maximum Gasteiger partial charge on any atom is 0.387 e. The molecule has 1 N–H and O–H groups in total. The first-order valence-electron chi connectivity index (χ1n) is 4.43. The summed E-state index contributed by atoms with van der Waals surface area (Å²) < 4.78 is 28.1. The number of benzene rings is 1. The van der Waals surface area contributed by atoms with E-state index in [0.29, 0.717) is 5.56 Å². The molecule has 0 unspecified atom stereocenters. The number of rotatable bonds is 5. The van der Waals surface area contributed by atoms with Crippen LogP contribution in [-0.4, -0.2) is 17.7 Å². The zero-order chi connectivity index (χ0) is 12.1. The van der Waals surface area contributed by atoms with Crippen molar-refractivity contribution in [3.63, 3.8) is 0 Å². The Morgan fingerprint density at radius 2 is 2.12 bits per heavy atom. The molecule has 0 fully saturated rings. The Labute approximate surface area is 95.6 Å². The van der Waals surface area contributed by atoms with Gasteiger partial charge in [-0.2, -0.15) is 8.78 Å². The molecule has 0 saturated carbocycles. The molecule has 0 atom stereocenters. The van der Waals surface area contributed by atoms with Crippen LogP contribution in [0.4, 0.5) is 8.78 Å². The third kappa shape index (κ3) is 4.44. The van der Waals surface area contributed by atoms with Crippen LogP contribution in [0.15, 0.2) is 18.2 Å². The smallest absolute Gasteiger partial charge is 0.387 e. The number of carbonyl (C=O) groups is 1. The van der Waals surface area contributed by atoms with E-state index in [0.717, 1.165) is 0 Å². The van der Waals surface area contributed by atoms with Crippen molar-refractivity contribution in [1.29, 1.82) is 0 Å². The largest absolute Gasteiger partial charge is 0.481 e. The van der Waals surface area contributed by atoms with Crippen LogP contribution in [0.1, 0.15) is 12.0 Å². The molecular weight excluding hydrogens is 242 g/mol. The summed E-state index contributed by atoms with van der Waals surface area (Å²) in [5.41, 5.74) is 0.547. The molecule has 88 valence electrons. The number of ether oxygens (including phenoxy) is 1. The van der Waals surface area contributed by atoms with Crippen LogP contribution in [0, 0.1) is 0 Å². The Morgan fingerprint density at radius 1 is 1.44 bits per heavy atom. The average molecular weight is 251 g/mol. The lowest BCUT2D eigenvalue weighted by atomic mass is 10.1. The number of alkyl halides is 2. The highest BCUT2D eigenvalue weighted by molar-refractivity contribution is 6.30. The van der Waals surface area contributed by atoms with Crippen LogP contribution >= 0.6 is 11.6 Å². The molecule has 16 heavy (non-hydrogen) atoms. The van der Waals surface area contributed by atoms with E-state index >= 15 is 0 Å². The summed E-state index contributed by atoms with van der Waals surface area (Å²) in [7, 11) is 0. The van der Waals surface area contributed by atoms with Gasteiger partial charge >= 0.3 is 12.6 Å². The summed E-state index contributed by atoms with van der Waals surface area (Å²) in [5, 5.41) is 8.71. The van der Waals surface area contributed by atoms with Gasteiger partial charge in [0.15, 0.2) is 0 Å². The normalized spacial score (nSPS) is 10.5. The SMILES string of the molecule is O=C(O)CCc1cc(Cl)cc(OC(F)F)c1. The van der Waals surface area contributed by atoms with Crippen molar-refractivity contribution in [3.05, 3.63) is 28.8 Å². The molecule has 1 aromatic rings. The minimum Gasteiger partial charge on any atom is -0.481 e. The highest BCUT2D eigenvalue weighted by Gasteiger charge is 2.07. The third-order valence-corrected chi connectivity index (χ3v) is 2.00. The van der Waals surface area contributed by atoms with E-state index in [1.54, 1.807) is 0 Å². The fraction of sp³-hybridized carbons (Fsp3) is 0.300. The molecule has 0 saturated heterocycles. The summed E-state index contributed by atoms with van der Waals surface area (Å²) in [6.45, 7) is -2.93. The van der Waals surface area contributed by atoms with Crippen molar-refractivity contribution in [2.75, 3.05) is 0 Å². The summed E-state index contributed by atoms with van der Waals surface area (Å²) >= 11 is 5.68. The zero-order valence-electron chi connectivity index (χ0n) is 8.12. The van der Waals surface area contributed by atoms with Gasteiger partial charge in [0.2, 0.25) is 0 Å². The average Bonchev–Trinajstić information content (AvgIpc) is 2.12. The Kier molecular flexibility index (Phi) is 4.49. The van der Waals surface area contributed by atoms with Crippen molar-refractivity contribution in [2.45, 2.75) is 19.5 Å². The Balaban J connectivity index is 2.77. The molecule has 0 aromatic heterocycles. The summed E-state index contributed by atoms with van der Waals surface area (Å²) in [6, 6.07) is 4.11. The van der Waals surface area contributed by atoms with Gasteiger partial charge in [-0.15, -0.1) is 0 Å². The number of hydrogen-bond donors (Lipinski definition) is 1. The fourth-order valence-electron chi connectivity index (χ4n) is 1.19. The van der Waals surface area contributed by atoms with E-state index in [-0.39, 0.29) is 23.6 Å². The van der Waals surface area contributed by atoms with Gasteiger partial charge in [-0.3, -0.25) is 4.79 Å². The number of aryl methyl sites for hydroxylation is 1. The second-order valence-electron chi connectivity index (χ2n) is 3.07. The van der Waals surface area contributed by atoms with Crippen LogP contribution in [0.2, 0.25) is 5.02 Å². The quantitative estimate of drug-likeness (QED) is 0.874. The molecule has 0 radical (unpaired) electrons. The van der Waals surface area contributed by atoms with Gasteiger partial charge in [0, 0.05) is 11.4 Å². The number of carboxylic acid groups (broad SMARTS) is 1. The molecule has 0 aliphatic carbocycles. The number of aliphatic carboxylic acids is 1. The Hall–Kier alpha value is -1.36. The van der Waals surface area contributed by atoms with E-state index in [9.17, 15) is 13.6 Å². The van der Waals surface area contributed by atoms with Crippen LogP contribution in [0.3, 0.4) is 0 Å². The van der Waals surface area contributed by atoms with Crippen molar-refractivity contribution in [3.8, 4) is 5.75 Å². The molecule has 0 aliphatic rings. The molecule has 0 heterocycles. The van der Waals surface area contributed by atoms with Gasteiger partial charge in [0.05, 0.1) is 0 Å². The fourth-order valence-corrected chi connectivity index (χ4v) is 1.43. The Morgan fingerprint density at radius 3 is 2.69 bits per heavy atom. The second-order valence-corrected chi connectivity index (χ2v) is 3.50. The highest BCUT2D eigenvalue weighted by Crippen LogP contribution is 2.23. The lowest BCUT2D eigenvalue weighted by Gasteiger charge is -2.07. The maximum absolute atomic E-state index is 11.9. The first-order chi connectivity index (χ1) is 7.47. The van der Waals surface area contributed by atoms with Gasteiger partial charge in [0.1, 0.15) is 5.75 Å². The molecule has 6 heteroatoms. The van der Waals surface area contributed by atoms with Crippen molar-refractivity contribution in [2.24, 2.45) is 0 Å². The summed E-state index contributed by atoms with van der Waals surface area (Å²) in [6.07, 6.45) is 0.129. The number of hydrogen-bond acceptors (Lipinski definition) is 2. The predicted octanol–water partition coefficient (Wildman–Crippen LogP) is 2.96.